The molecule has 2 aromatic carbocycles. The number of hydrogen-bond donors (Lipinski definition) is 3. The van der Waals surface area contributed by atoms with Crippen LogP contribution in [0.15, 0.2) is 60.8 Å². The summed E-state index contributed by atoms with van der Waals surface area (Å²) in [6.07, 6.45) is 6.32. The molecule has 1 aliphatic carbocycles. The van der Waals surface area contributed by atoms with Gasteiger partial charge in [0.1, 0.15) is 6.04 Å². The Morgan fingerprint density at radius 2 is 1.74 bits per heavy atom. The number of amides is 2. The van der Waals surface area contributed by atoms with Gasteiger partial charge in [-0.15, -0.1) is 0 Å². The lowest BCUT2D eigenvalue weighted by atomic mass is 9.92. The van der Waals surface area contributed by atoms with Gasteiger partial charge >= 0.3 is 6.09 Å². The normalized spacial score (nSPS) is 15.5. The molecule has 2 amide bonds. The van der Waals surface area contributed by atoms with Gasteiger partial charge in [-0.2, -0.15) is 0 Å². The number of fused-ring (bicyclic) bond motifs is 1. The summed E-state index contributed by atoms with van der Waals surface area (Å²) in [5, 5.41) is 13.0. The Morgan fingerprint density at radius 3 is 2.48 bits per heavy atom. The number of para-hydroxylation sites is 1. The van der Waals surface area contributed by atoms with E-state index >= 15 is 0 Å². The van der Waals surface area contributed by atoms with Crippen molar-refractivity contribution in [1.82, 2.24) is 15.2 Å². The molecule has 0 spiro atoms. The van der Waals surface area contributed by atoms with Crippen LogP contribution < -0.4 is 5.32 Å². The molecule has 0 radical (unpaired) electrons. The summed E-state index contributed by atoms with van der Waals surface area (Å²) in [5.41, 5.74) is 2.97. The van der Waals surface area contributed by atoms with Crippen LogP contribution in [0.2, 0.25) is 0 Å². The first-order chi connectivity index (χ1) is 15.1. The number of rotatable bonds is 7. The Morgan fingerprint density at radius 1 is 1.03 bits per heavy atom. The predicted octanol–water partition coefficient (Wildman–Crippen LogP) is 4.71. The third-order valence-corrected chi connectivity index (χ3v) is 6.19. The summed E-state index contributed by atoms with van der Waals surface area (Å²) in [7, 11) is 0. The average Bonchev–Trinajstić information content (AvgIpc) is 3.20. The Kier molecular flexibility index (Phi) is 6.55. The third kappa shape index (κ3) is 5.08. The molecular weight excluding hydrogens is 390 g/mol. The monoisotopic (exact) mass is 419 g/mol. The smallest absolute Gasteiger partial charge is 0.405 e. The van der Waals surface area contributed by atoms with E-state index in [0.29, 0.717) is 13.0 Å². The zero-order chi connectivity index (χ0) is 21.6. The minimum Gasteiger partial charge on any atom is -0.465 e. The first-order valence-electron chi connectivity index (χ1n) is 11.0. The molecule has 1 aromatic heterocycles. The van der Waals surface area contributed by atoms with Crippen molar-refractivity contribution >= 4 is 22.9 Å². The zero-order valence-corrected chi connectivity index (χ0v) is 17.6. The van der Waals surface area contributed by atoms with Gasteiger partial charge in [0, 0.05) is 36.1 Å². The predicted molar refractivity (Wildman–Crippen MR) is 121 cm³/mol. The lowest BCUT2D eigenvalue weighted by Gasteiger charge is -2.36. The van der Waals surface area contributed by atoms with Crippen LogP contribution in [-0.4, -0.2) is 39.1 Å². The van der Waals surface area contributed by atoms with Crippen LogP contribution in [0.5, 0.6) is 0 Å². The van der Waals surface area contributed by atoms with E-state index in [1.54, 1.807) is 0 Å². The summed E-state index contributed by atoms with van der Waals surface area (Å²) >= 11 is 0. The number of hydrogen-bond acceptors (Lipinski definition) is 2. The summed E-state index contributed by atoms with van der Waals surface area (Å²) in [6.45, 7) is 0.496. The van der Waals surface area contributed by atoms with Gasteiger partial charge in [0.05, 0.1) is 0 Å². The lowest BCUT2D eigenvalue weighted by Crippen LogP contribution is -2.52. The molecule has 4 rings (SSSR count). The second kappa shape index (κ2) is 9.69. The van der Waals surface area contributed by atoms with Crippen LogP contribution in [0, 0.1) is 0 Å². The van der Waals surface area contributed by atoms with Crippen molar-refractivity contribution in [2.75, 3.05) is 0 Å². The molecule has 3 aromatic rings. The highest BCUT2D eigenvalue weighted by molar-refractivity contribution is 5.88. The fourth-order valence-electron chi connectivity index (χ4n) is 4.63. The van der Waals surface area contributed by atoms with E-state index in [2.05, 4.69) is 10.3 Å². The van der Waals surface area contributed by atoms with E-state index in [9.17, 15) is 14.7 Å². The minimum absolute atomic E-state index is 0.141. The number of nitrogens with one attached hydrogen (secondary N) is 2. The highest BCUT2D eigenvalue weighted by atomic mass is 16.4. The zero-order valence-electron chi connectivity index (χ0n) is 17.6. The van der Waals surface area contributed by atoms with Crippen LogP contribution in [0.3, 0.4) is 0 Å². The minimum atomic E-state index is -1.18. The fraction of sp³-hybridized carbons (Fsp3) is 0.360. The van der Waals surface area contributed by atoms with Crippen LogP contribution in [0.25, 0.3) is 10.9 Å². The highest BCUT2D eigenvalue weighted by Gasteiger charge is 2.32. The molecule has 1 aliphatic rings. The van der Waals surface area contributed by atoms with Crippen molar-refractivity contribution in [3.63, 3.8) is 0 Å². The molecule has 1 fully saturated rings. The molecule has 0 saturated heterocycles. The van der Waals surface area contributed by atoms with Gasteiger partial charge in [-0.05, 0) is 30.0 Å². The third-order valence-electron chi connectivity index (χ3n) is 6.19. The molecule has 6 heteroatoms. The fourth-order valence-corrected chi connectivity index (χ4v) is 4.63. The second-order valence-corrected chi connectivity index (χ2v) is 8.31. The second-order valence-electron chi connectivity index (χ2n) is 8.31. The molecule has 1 unspecified atom stereocenters. The van der Waals surface area contributed by atoms with E-state index in [4.69, 9.17) is 0 Å². The molecule has 1 heterocycles. The van der Waals surface area contributed by atoms with Gasteiger partial charge in [0.2, 0.25) is 5.91 Å². The standard InChI is InChI=1S/C25H29N3O3/c29-24(28(20-11-5-2-6-12-20)17-18-9-3-1-4-10-18)23(27-25(30)31)15-19-16-26-22-14-8-7-13-21(19)22/h1,3-4,7-10,13-14,16,20,23,26-27H,2,5-6,11-12,15,17H2,(H,30,31). The molecule has 162 valence electrons. The maximum Gasteiger partial charge on any atom is 0.405 e. The molecule has 0 aliphatic heterocycles. The summed E-state index contributed by atoms with van der Waals surface area (Å²) in [4.78, 5) is 30.4. The van der Waals surface area contributed by atoms with Crippen LogP contribution in [0.4, 0.5) is 4.79 Å². The van der Waals surface area contributed by atoms with E-state index < -0.39 is 12.1 Å². The van der Waals surface area contributed by atoms with Crippen LogP contribution >= 0.6 is 0 Å². The number of aromatic nitrogens is 1. The number of carbonyl (C=O) groups excluding carboxylic acids is 1. The van der Waals surface area contributed by atoms with Gasteiger partial charge < -0.3 is 20.3 Å². The van der Waals surface area contributed by atoms with Crippen molar-refractivity contribution in [2.45, 2.75) is 57.2 Å². The summed E-state index contributed by atoms with van der Waals surface area (Å²) < 4.78 is 0. The first-order valence-corrected chi connectivity index (χ1v) is 11.0. The van der Waals surface area contributed by atoms with Gasteiger partial charge in [-0.3, -0.25) is 4.79 Å². The van der Waals surface area contributed by atoms with Gasteiger partial charge in [-0.1, -0.05) is 67.8 Å². The maximum absolute atomic E-state index is 13.7. The Bertz CT molecular complexity index is 1020. The largest absolute Gasteiger partial charge is 0.465 e. The van der Waals surface area contributed by atoms with E-state index in [1.807, 2.05) is 65.7 Å². The van der Waals surface area contributed by atoms with Crippen molar-refractivity contribution in [1.29, 1.82) is 0 Å². The van der Waals surface area contributed by atoms with E-state index in [1.165, 1.54) is 6.42 Å². The van der Waals surface area contributed by atoms with Crippen LogP contribution in [-0.2, 0) is 17.8 Å². The van der Waals surface area contributed by atoms with E-state index in [0.717, 1.165) is 47.7 Å². The summed E-state index contributed by atoms with van der Waals surface area (Å²) in [5.74, 6) is -0.150. The lowest BCUT2D eigenvalue weighted by molar-refractivity contribution is -0.137. The number of carbonyl (C=O) groups is 2. The SMILES string of the molecule is O=C(O)NC(Cc1c[nH]c2ccccc12)C(=O)N(Cc1ccccc1)C1CCCCC1. The Balaban J connectivity index is 1.62. The van der Waals surface area contributed by atoms with Gasteiger partial charge in [0.25, 0.3) is 0 Å². The molecular formula is C25H29N3O3. The van der Waals surface area contributed by atoms with Crippen LogP contribution in [0.1, 0.15) is 43.2 Å². The number of H-pyrrole nitrogens is 1. The number of aromatic amines is 1. The van der Waals surface area contributed by atoms with Crippen molar-refractivity contribution in [2.24, 2.45) is 0 Å². The van der Waals surface area contributed by atoms with E-state index in [-0.39, 0.29) is 11.9 Å². The maximum atomic E-state index is 13.7. The van der Waals surface area contributed by atoms with Crippen molar-refractivity contribution < 1.29 is 14.7 Å². The molecule has 3 N–H and O–H groups in total. The molecule has 31 heavy (non-hydrogen) atoms. The quantitative estimate of drug-likeness (QED) is 0.518. The summed E-state index contributed by atoms with van der Waals surface area (Å²) in [6, 6.07) is 17.1. The number of carboxylic acid groups (broad SMARTS) is 1. The molecule has 1 saturated carbocycles. The average molecular weight is 420 g/mol. The molecule has 0 bridgehead atoms. The topological polar surface area (TPSA) is 85.4 Å². The highest BCUT2D eigenvalue weighted by Crippen LogP contribution is 2.26. The Hall–Kier alpha value is -3.28. The number of nitrogens with zero attached hydrogens (tertiary/aromatic N) is 1. The molecule has 6 nitrogen and oxygen atoms in total. The Labute approximate surface area is 182 Å². The van der Waals surface area contributed by atoms with Crippen molar-refractivity contribution in [3.05, 3.63) is 71.9 Å². The number of benzene rings is 2. The van der Waals surface area contributed by atoms with Gasteiger partial charge in [-0.25, -0.2) is 4.79 Å². The van der Waals surface area contributed by atoms with Gasteiger partial charge in [0.15, 0.2) is 0 Å². The molecule has 1 atom stereocenters. The van der Waals surface area contributed by atoms with Crippen molar-refractivity contribution in [3.8, 4) is 0 Å². The first kappa shape index (κ1) is 21.0.